The molecular formula is C18H27N5O2. The zero-order chi connectivity index (χ0) is 18.1. The summed E-state index contributed by atoms with van der Waals surface area (Å²) in [6, 6.07) is 0.213. The summed E-state index contributed by atoms with van der Waals surface area (Å²) < 4.78 is 7.20. The molecule has 0 unspecified atom stereocenters. The lowest BCUT2D eigenvalue weighted by molar-refractivity contribution is -0.136. The third-order valence-electron chi connectivity index (χ3n) is 5.07. The minimum Gasteiger partial charge on any atom is -0.361 e. The van der Waals surface area contributed by atoms with Crippen molar-refractivity contribution in [2.45, 2.75) is 59.9 Å². The van der Waals surface area contributed by atoms with Gasteiger partial charge in [-0.25, -0.2) is 9.67 Å². The average molecular weight is 345 g/mol. The first kappa shape index (κ1) is 17.6. The van der Waals surface area contributed by atoms with Gasteiger partial charge in [0.1, 0.15) is 17.4 Å². The van der Waals surface area contributed by atoms with Crippen LogP contribution in [0.5, 0.6) is 0 Å². The molecule has 2 atom stereocenters. The van der Waals surface area contributed by atoms with Crippen LogP contribution in [0, 0.1) is 33.6 Å². The van der Waals surface area contributed by atoms with Crippen molar-refractivity contribution in [2.75, 3.05) is 13.1 Å². The van der Waals surface area contributed by atoms with E-state index >= 15 is 0 Å². The molecule has 1 saturated heterocycles. The highest BCUT2D eigenvalue weighted by Gasteiger charge is 2.29. The van der Waals surface area contributed by atoms with E-state index in [1.165, 1.54) is 0 Å². The smallest absolute Gasteiger partial charge is 0.225 e. The number of hydrogen-bond acceptors (Lipinski definition) is 5. The molecule has 2 aromatic heterocycles. The highest BCUT2D eigenvalue weighted by Crippen LogP contribution is 2.25. The van der Waals surface area contributed by atoms with Gasteiger partial charge in [0.15, 0.2) is 0 Å². The summed E-state index contributed by atoms with van der Waals surface area (Å²) in [6.07, 6.45) is 2.70. The second kappa shape index (κ2) is 6.98. The molecule has 0 N–H and O–H groups in total. The molecular weight excluding hydrogens is 318 g/mol. The van der Waals surface area contributed by atoms with Gasteiger partial charge in [0, 0.05) is 24.6 Å². The minimum atomic E-state index is -0.0888. The van der Waals surface area contributed by atoms with E-state index in [0.29, 0.717) is 13.0 Å². The number of rotatable bonds is 4. The first-order valence-corrected chi connectivity index (χ1v) is 8.97. The van der Waals surface area contributed by atoms with E-state index in [1.807, 2.05) is 44.2 Å². The highest BCUT2D eigenvalue weighted by molar-refractivity contribution is 5.79. The van der Waals surface area contributed by atoms with Crippen molar-refractivity contribution in [3.8, 4) is 0 Å². The van der Waals surface area contributed by atoms with Gasteiger partial charge in [-0.15, -0.1) is 0 Å². The Balaban J connectivity index is 1.68. The summed E-state index contributed by atoms with van der Waals surface area (Å²) in [6.45, 7) is 11.2. The SMILES string of the molecule is Cc1nc(C)n([C@@H]2CCCN(C(=O)[C@H](C)Cc3c(C)noc3C)C2)n1. The van der Waals surface area contributed by atoms with Crippen LogP contribution in [0.15, 0.2) is 4.52 Å². The van der Waals surface area contributed by atoms with Crippen LogP contribution >= 0.6 is 0 Å². The standard InChI is InChI=1S/C18H27N5O2/c1-11(9-17-12(2)21-25-13(17)3)18(24)22-8-6-7-16(10-22)23-15(5)19-14(4)20-23/h11,16H,6-10H2,1-5H3/t11-,16-/m1/s1. The highest BCUT2D eigenvalue weighted by atomic mass is 16.5. The summed E-state index contributed by atoms with van der Waals surface area (Å²) in [5.74, 6) is 2.61. The van der Waals surface area contributed by atoms with Gasteiger partial charge in [-0.1, -0.05) is 12.1 Å². The molecule has 3 rings (SSSR count). The Kier molecular flexibility index (Phi) is 4.92. The van der Waals surface area contributed by atoms with Crippen molar-refractivity contribution in [3.63, 3.8) is 0 Å². The number of amides is 1. The molecule has 0 aliphatic carbocycles. The molecule has 25 heavy (non-hydrogen) atoms. The predicted octanol–water partition coefficient (Wildman–Crippen LogP) is 2.54. The molecule has 1 aliphatic rings. The second-order valence-electron chi connectivity index (χ2n) is 7.14. The number of piperidine rings is 1. The van der Waals surface area contributed by atoms with E-state index in [1.54, 1.807) is 0 Å². The number of hydrogen-bond donors (Lipinski definition) is 0. The molecule has 1 aliphatic heterocycles. The quantitative estimate of drug-likeness (QED) is 0.851. The van der Waals surface area contributed by atoms with Crippen LogP contribution < -0.4 is 0 Å². The summed E-state index contributed by atoms with van der Waals surface area (Å²) in [5.41, 5.74) is 1.93. The first-order chi connectivity index (χ1) is 11.9. The molecule has 136 valence electrons. The lowest BCUT2D eigenvalue weighted by atomic mass is 9.97. The van der Waals surface area contributed by atoms with Crippen LogP contribution in [0.25, 0.3) is 0 Å². The Morgan fingerprint density at radius 2 is 2.08 bits per heavy atom. The third kappa shape index (κ3) is 3.60. The van der Waals surface area contributed by atoms with Gasteiger partial charge in [0.05, 0.1) is 11.7 Å². The van der Waals surface area contributed by atoms with Gasteiger partial charge in [-0.3, -0.25) is 4.79 Å². The predicted molar refractivity (Wildman–Crippen MR) is 93.2 cm³/mol. The molecule has 2 aromatic rings. The van der Waals surface area contributed by atoms with Gasteiger partial charge < -0.3 is 9.42 Å². The Morgan fingerprint density at radius 3 is 2.68 bits per heavy atom. The van der Waals surface area contributed by atoms with Crippen LogP contribution in [0.2, 0.25) is 0 Å². The van der Waals surface area contributed by atoms with Crippen molar-refractivity contribution in [2.24, 2.45) is 5.92 Å². The second-order valence-corrected chi connectivity index (χ2v) is 7.14. The monoisotopic (exact) mass is 345 g/mol. The zero-order valence-corrected chi connectivity index (χ0v) is 15.7. The van der Waals surface area contributed by atoms with E-state index in [9.17, 15) is 4.79 Å². The number of nitrogens with zero attached hydrogens (tertiary/aromatic N) is 5. The fourth-order valence-electron chi connectivity index (χ4n) is 3.73. The van der Waals surface area contributed by atoms with E-state index in [0.717, 1.165) is 48.1 Å². The molecule has 7 nitrogen and oxygen atoms in total. The fourth-order valence-corrected chi connectivity index (χ4v) is 3.73. The molecule has 1 fully saturated rings. The van der Waals surface area contributed by atoms with Gasteiger partial charge in [-0.2, -0.15) is 5.10 Å². The minimum absolute atomic E-state index is 0.0888. The molecule has 0 spiro atoms. The van der Waals surface area contributed by atoms with E-state index in [4.69, 9.17) is 4.52 Å². The van der Waals surface area contributed by atoms with Crippen LogP contribution in [0.4, 0.5) is 0 Å². The maximum Gasteiger partial charge on any atom is 0.225 e. The Bertz CT molecular complexity index is 744. The number of likely N-dealkylation sites (tertiary alicyclic amines) is 1. The number of aryl methyl sites for hydroxylation is 4. The molecule has 0 aromatic carbocycles. The van der Waals surface area contributed by atoms with Crippen molar-refractivity contribution >= 4 is 5.91 Å². The summed E-state index contributed by atoms with van der Waals surface area (Å²) in [7, 11) is 0. The van der Waals surface area contributed by atoms with Crippen molar-refractivity contribution in [1.29, 1.82) is 0 Å². The van der Waals surface area contributed by atoms with Gasteiger partial charge in [0.25, 0.3) is 0 Å². The lowest BCUT2D eigenvalue weighted by Crippen LogP contribution is -2.43. The average Bonchev–Trinajstić information content (AvgIpc) is 3.09. The first-order valence-electron chi connectivity index (χ1n) is 8.97. The third-order valence-corrected chi connectivity index (χ3v) is 5.07. The van der Waals surface area contributed by atoms with E-state index in [2.05, 4.69) is 15.2 Å². The van der Waals surface area contributed by atoms with Crippen molar-refractivity contribution in [3.05, 3.63) is 28.7 Å². The molecule has 0 radical (unpaired) electrons. The lowest BCUT2D eigenvalue weighted by Gasteiger charge is -2.34. The summed E-state index contributed by atoms with van der Waals surface area (Å²) in [5, 5.41) is 8.49. The van der Waals surface area contributed by atoms with Gasteiger partial charge in [0.2, 0.25) is 5.91 Å². The Morgan fingerprint density at radius 1 is 1.32 bits per heavy atom. The fraction of sp³-hybridized carbons (Fsp3) is 0.667. The van der Waals surface area contributed by atoms with Gasteiger partial charge in [-0.05, 0) is 47.0 Å². The Hall–Kier alpha value is -2.18. The van der Waals surface area contributed by atoms with Crippen LogP contribution in [0.1, 0.15) is 54.5 Å². The van der Waals surface area contributed by atoms with Crippen molar-refractivity contribution in [1.82, 2.24) is 24.8 Å². The largest absolute Gasteiger partial charge is 0.361 e. The number of carbonyl (C=O) groups excluding carboxylic acids is 1. The molecule has 7 heteroatoms. The van der Waals surface area contributed by atoms with Crippen LogP contribution in [-0.4, -0.2) is 43.8 Å². The van der Waals surface area contributed by atoms with E-state index < -0.39 is 0 Å². The number of aromatic nitrogens is 4. The topological polar surface area (TPSA) is 77.0 Å². The van der Waals surface area contributed by atoms with Crippen molar-refractivity contribution < 1.29 is 9.32 Å². The Labute approximate surface area is 148 Å². The zero-order valence-electron chi connectivity index (χ0n) is 15.7. The summed E-state index contributed by atoms with van der Waals surface area (Å²) in [4.78, 5) is 19.3. The van der Waals surface area contributed by atoms with E-state index in [-0.39, 0.29) is 17.9 Å². The molecule has 0 bridgehead atoms. The van der Waals surface area contributed by atoms with Crippen LogP contribution in [-0.2, 0) is 11.2 Å². The molecule has 0 saturated carbocycles. The molecule has 3 heterocycles. The van der Waals surface area contributed by atoms with Gasteiger partial charge >= 0.3 is 0 Å². The maximum atomic E-state index is 12.9. The van der Waals surface area contributed by atoms with Crippen LogP contribution in [0.3, 0.4) is 0 Å². The number of carbonyl (C=O) groups is 1. The maximum absolute atomic E-state index is 12.9. The molecule has 1 amide bonds. The summed E-state index contributed by atoms with van der Waals surface area (Å²) >= 11 is 0. The normalized spacial score (nSPS) is 19.2.